The van der Waals surface area contributed by atoms with Gasteiger partial charge in [-0.1, -0.05) is 35.9 Å². The van der Waals surface area contributed by atoms with Crippen LogP contribution in [0.4, 0.5) is 0 Å². The van der Waals surface area contributed by atoms with Gasteiger partial charge >= 0.3 is 0 Å². The van der Waals surface area contributed by atoms with Gasteiger partial charge in [0.25, 0.3) is 0 Å². The molecule has 1 aliphatic rings. The van der Waals surface area contributed by atoms with Crippen molar-refractivity contribution in [3.8, 4) is 0 Å². The smallest absolute Gasteiger partial charge is 0.0664 e. The Balaban J connectivity index is 0.000000545. The molecule has 0 amide bonds. The maximum atomic E-state index is 8.30. The molecule has 1 nitrogen and oxygen atoms in total. The predicted octanol–water partition coefficient (Wildman–Crippen LogP) is 5.94. The molecule has 1 aliphatic carbocycles. The number of thiophene rings is 1. The first-order valence-corrected chi connectivity index (χ1v) is 8.76. The molecule has 1 aromatic heterocycles. The third kappa shape index (κ3) is 3.53. The zero-order chi connectivity index (χ0) is 16.3. The Morgan fingerprint density at radius 1 is 1.23 bits per heavy atom. The molecule has 3 rings (SSSR count). The van der Waals surface area contributed by atoms with Crippen molar-refractivity contribution in [3.63, 3.8) is 0 Å². The van der Waals surface area contributed by atoms with Crippen LogP contribution in [0, 0.1) is 19.3 Å². The molecule has 0 fully saturated rings. The number of aryl methyl sites for hydroxylation is 2. The van der Waals surface area contributed by atoms with Gasteiger partial charge in [-0.25, -0.2) is 0 Å². The standard InChI is InChI=1S/C16H17NS2.C3H6/c1-9-3-5-11(6-4-9)12-7-13-10(2)19-16(18)15(13)14(17)8-12;1-3-2/h3-6,12,17-18H,7-8H2,1-2H3;3H,1H2,2H3. The second-order valence-corrected chi connectivity index (χ2v) is 7.69. The van der Waals surface area contributed by atoms with Gasteiger partial charge in [0.1, 0.15) is 0 Å². The van der Waals surface area contributed by atoms with Crippen LogP contribution < -0.4 is 0 Å². The Kier molecular flexibility index (Phi) is 5.65. The lowest BCUT2D eigenvalue weighted by atomic mass is 9.80. The Bertz CT molecular complexity index is 680. The van der Waals surface area contributed by atoms with Gasteiger partial charge in [-0.3, -0.25) is 0 Å². The van der Waals surface area contributed by atoms with Gasteiger partial charge in [0, 0.05) is 16.2 Å². The maximum absolute atomic E-state index is 8.30. The van der Waals surface area contributed by atoms with Crippen molar-refractivity contribution in [3.05, 3.63) is 64.1 Å². The fraction of sp³-hybridized carbons (Fsp3) is 0.316. The van der Waals surface area contributed by atoms with Gasteiger partial charge in [-0.2, -0.15) is 0 Å². The molecule has 0 bridgehead atoms. The van der Waals surface area contributed by atoms with E-state index in [0.717, 1.165) is 28.3 Å². The van der Waals surface area contributed by atoms with Crippen molar-refractivity contribution in [2.45, 2.75) is 43.7 Å². The highest BCUT2D eigenvalue weighted by atomic mass is 32.2. The summed E-state index contributed by atoms with van der Waals surface area (Å²) >= 11 is 6.24. The summed E-state index contributed by atoms with van der Waals surface area (Å²) in [4.78, 5) is 1.32. The van der Waals surface area contributed by atoms with E-state index in [2.05, 4.69) is 57.3 Å². The van der Waals surface area contributed by atoms with Crippen LogP contribution in [0.2, 0.25) is 0 Å². The molecule has 1 heterocycles. The summed E-state index contributed by atoms with van der Waals surface area (Å²) in [5, 5.41) is 8.30. The van der Waals surface area contributed by atoms with Crippen molar-refractivity contribution >= 4 is 29.7 Å². The quantitative estimate of drug-likeness (QED) is 0.477. The van der Waals surface area contributed by atoms with E-state index in [1.165, 1.54) is 21.6 Å². The van der Waals surface area contributed by atoms with Gasteiger partial charge < -0.3 is 5.41 Å². The number of thiol groups is 1. The molecule has 0 aliphatic heterocycles. The number of nitrogens with one attached hydrogen (secondary N) is 1. The number of hydrogen-bond donors (Lipinski definition) is 2. The molecule has 3 heteroatoms. The van der Waals surface area contributed by atoms with Gasteiger partial charge in [0.05, 0.1) is 4.21 Å². The maximum Gasteiger partial charge on any atom is 0.0664 e. The van der Waals surface area contributed by atoms with Gasteiger partial charge in [0.15, 0.2) is 0 Å². The number of fused-ring (bicyclic) bond motifs is 1. The number of hydrogen-bond acceptors (Lipinski definition) is 3. The summed E-state index contributed by atoms with van der Waals surface area (Å²) in [5.41, 5.74) is 5.85. The summed E-state index contributed by atoms with van der Waals surface area (Å²) in [6.45, 7) is 9.51. The third-order valence-corrected chi connectivity index (χ3v) is 5.39. The van der Waals surface area contributed by atoms with Crippen LogP contribution in [-0.4, -0.2) is 5.71 Å². The molecule has 116 valence electrons. The van der Waals surface area contributed by atoms with E-state index in [-0.39, 0.29) is 0 Å². The van der Waals surface area contributed by atoms with Crippen molar-refractivity contribution in [2.75, 3.05) is 0 Å². The topological polar surface area (TPSA) is 23.9 Å². The molecular weight excluding hydrogens is 306 g/mol. The van der Waals surface area contributed by atoms with E-state index in [1.54, 1.807) is 17.4 Å². The van der Waals surface area contributed by atoms with Crippen LogP contribution in [0.25, 0.3) is 0 Å². The van der Waals surface area contributed by atoms with Gasteiger partial charge in [-0.05, 0) is 50.7 Å². The van der Waals surface area contributed by atoms with E-state index in [4.69, 9.17) is 5.41 Å². The van der Waals surface area contributed by atoms with Gasteiger partial charge in [0.2, 0.25) is 0 Å². The lowest BCUT2D eigenvalue weighted by Gasteiger charge is -2.24. The molecule has 1 aromatic carbocycles. The summed E-state index contributed by atoms with van der Waals surface area (Å²) in [7, 11) is 0. The summed E-state index contributed by atoms with van der Waals surface area (Å²) in [5.74, 6) is 0.446. The fourth-order valence-electron chi connectivity index (χ4n) is 2.86. The van der Waals surface area contributed by atoms with E-state index < -0.39 is 0 Å². The number of rotatable bonds is 1. The average Bonchev–Trinajstić information content (AvgIpc) is 2.76. The summed E-state index contributed by atoms with van der Waals surface area (Å²) in [6, 6.07) is 8.75. The Labute approximate surface area is 143 Å². The molecule has 1 N–H and O–H groups in total. The highest BCUT2D eigenvalue weighted by Gasteiger charge is 2.28. The second-order valence-electron chi connectivity index (χ2n) is 5.72. The Morgan fingerprint density at radius 2 is 1.82 bits per heavy atom. The lowest BCUT2D eigenvalue weighted by molar-refractivity contribution is 0.692. The molecule has 1 unspecified atom stereocenters. The largest absolute Gasteiger partial charge is 0.305 e. The monoisotopic (exact) mass is 329 g/mol. The summed E-state index contributed by atoms with van der Waals surface area (Å²) in [6.07, 6.45) is 3.63. The van der Waals surface area contributed by atoms with Crippen LogP contribution >= 0.6 is 24.0 Å². The molecule has 2 aromatic rings. The minimum Gasteiger partial charge on any atom is -0.305 e. The lowest BCUT2D eigenvalue weighted by Crippen LogP contribution is -2.18. The van der Waals surface area contributed by atoms with Crippen molar-refractivity contribution in [1.29, 1.82) is 5.41 Å². The van der Waals surface area contributed by atoms with Crippen LogP contribution in [0.1, 0.15) is 46.4 Å². The zero-order valence-corrected chi connectivity index (χ0v) is 15.2. The molecular formula is C19H23NS2. The van der Waals surface area contributed by atoms with Crippen molar-refractivity contribution < 1.29 is 0 Å². The third-order valence-electron chi connectivity index (χ3n) is 3.94. The SMILES string of the molecule is C=CC.Cc1ccc(C2CC(=N)c3c(S)sc(C)c3C2)cc1. The molecule has 0 radical (unpaired) electrons. The molecule has 1 atom stereocenters. The fourth-order valence-corrected chi connectivity index (χ4v) is 4.49. The Morgan fingerprint density at radius 3 is 2.41 bits per heavy atom. The molecule has 22 heavy (non-hydrogen) atoms. The number of allylic oxidation sites excluding steroid dienone is 1. The van der Waals surface area contributed by atoms with Crippen LogP contribution in [0.15, 0.2) is 41.1 Å². The highest BCUT2D eigenvalue weighted by molar-refractivity contribution is 7.83. The van der Waals surface area contributed by atoms with Gasteiger partial charge in [-0.15, -0.1) is 30.5 Å². The zero-order valence-electron chi connectivity index (χ0n) is 13.4. The van der Waals surface area contributed by atoms with E-state index in [9.17, 15) is 0 Å². The second kappa shape index (κ2) is 7.30. The number of benzene rings is 1. The first-order valence-electron chi connectivity index (χ1n) is 7.50. The highest BCUT2D eigenvalue weighted by Crippen LogP contribution is 2.40. The van der Waals surface area contributed by atoms with E-state index in [0.29, 0.717) is 5.92 Å². The van der Waals surface area contributed by atoms with E-state index >= 15 is 0 Å². The first-order chi connectivity index (χ1) is 10.5. The predicted molar refractivity (Wildman–Crippen MR) is 101 cm³/mol. The Hall–Kier alpha value is -1.32. The normalized spacial score (nSPS) is 16.5. The van der Waals surface area contributed by atoms with Crippen molar-refractivity contribution in [2.24, 2.45) is 0 Å². The first kappa shape index (κ1) is 17.0. The molecule has 0 saturated heterocycles. The van der Waals surface area contributed by atoms with Crippen LogP contribution in [0.5, 0.6) is 0 Å². The van der Waals surface area contributed by atoms with Crippen LogP contribution in [-0.2, 0) is 6.42 Å². The average molecular weight is 330 g/mol. The van der Waals surface area contributed by atoms with E-state index in [1.807, 2.05) is 6.92 Å². The molecule has 0 saturated carbocycles. The van der Waals surface area contributed by atoms with Crippen LogP contribution in [0.3, 0.4) is 0 Å². The van der Waals surface area contributed by atoms with Crippen molar-refractivity contribution in [1.82, 2.24) is 0 Å². The minimum atomic E-state index is 0.446. The molecule has 0 spiro atoms. The minimum absolute atomic E-state index is 0.446. The summed E-state index contributed by atoms with van der Waals surface area (Å²) < 4.78 is 1.01.